The van der Waals surface area contributed by atoms with E-state index in [1.807, 2.05) is 0 Å². The zero-order valence-corrected chi connectivity index (χ0v) is 19.3. The third kappa shape index (κ3) is 4.95. The van der Waals surface area contributed by atoms with Crippen LogP contribution in [0.2, 0.25) is 0 Å². The van der Waals surface area contributed by atoms with Gasteiger partial charge < -0.3 is 4.52 Å². The summed E-state index contributed by atoms with van der Waals surface area (Å²) in [6, 6.07) is 3.45. The van der Waals surface area contributed by atoms with E-state index in [4.69, 9.17) is 9.79 Å². The van der Waals surface area contributed by atoms with Crippen molar-refractivity contribution in [3.8, 4) is 28.3 Å². The lowest BCUT2D eigenvalue weighted by Gasteiger charge is -2.13. The summed E-state index contributed by atoms with van der Waals surface area (Å²) in [6.07, 6.45) is -2.57. The monoisotopic (exact) mass is 531 g/mol. The van der Waals surface area contributed by atoms with Crippen molar-refractivity contribution in [1.82, 2.24) is 14.4 Å². The molecule has 190 valence electrons. The fraction of sp³-hybridized carbons (Fsp3) is 0.182. The average Bonchev–Trinajstić information content (AvgIpc) is 3.10. The predicted octanol–water partition coefficient (Wildman–Crippen LogP) is 6.09. The normalized spacial score (nSPS) is 12.5. The molecule has 0 bridgehead atoms. The molecule has 0 saturated heterocycles. The van der Waals surface area contributed by atoms with E-state index in [-0.39, 0.29) is 34.2 Å². The van der Waals surface area contributed by atoms with Gasteiger partial charge in [-0.3, -0.25) is 19.2 Å². The molecule has 0 saturated carbocycles. The predicted molar refractivity (Wildman–Crippen MR) is 115 cm³/mol. The van der Waals surface area contributed by atoms with E-state index < -0.39 is 48.3 Å². The molecule has 0 radical (unpaired) electrons. The Morgan fingerprint density at radius 2 is 1.67 bits per heavy atom. The van der Waals surface area contributed by atoms with Crippen LogP contribution in [0.3, 0.4) is 0 Å². The van der Waals surface area contributed by atoms with Gasteiger partial charge in [0.05, 0.1) is 34.4 Å². The number of halogens is 6. The summed E-state index contributed by atoms with van der Waals surface area (Å²) in [6.45, 7) is 3.38. The largest absolute Gasteiger partial charge is 0.524 e. The minimum Gasteiger partial charge on any atom is -0.404 e. The molecule has 0 atom stereocenters. The Hall–Kier alpha value is -3.41. The number of hydrogen-bond acceptors (Lipinski definition) is 4. The number of nitrogens with zero attached hydrogens (tertiary/aromatic N) is 3. The number of alkyl halides is 3. The van der Waals surface area contributed by atoms with Crippen molar-refractivity contribution in [3.63, 3.8) is 0 Å². The highest BCUT2D eigenvalue weighted by Crippen LogP contribution is 2.41. The maximum absolute atomic E-state index is 15.1. The molecule has 0 aliphatic carbocycles. The topological polar surface area (TPSA) is 97.0 Å². The Morgan fingerprint density at radius 3 is 2.22 bits per heavy atom. The fourth-order valence-corrected chi connectivity index (χ4v) is 4.02. The minimum absolute atomic E-state index is 0.0655. The van der Waals surface area contributed by atoms with E-state index in [1.54, 1.807) is 13.8 Å². The molecule has 0 amide bonds. The summed E-state index contributed by atoms with van der Waals surface area (Å²) in [7, 11) is -5.09. The van der Waals surface area contributed by atoms with Crippen LogP contribution >= 0.6 is 7.82 Å². The Balaban J connectivity index is 1.94. The molecule has 14 heteroatoms. The highest BCUT2D eigenvalue weighted by atomic mass is 31.2. The van der Waals surface area contributed by atoms with Gasteiger partial charge in [0, 0.05) is 23.9 Å². The van der Waals surface area contributed by atoms with Gasteiger partial charge in [-0.05, 0) is 24.1 Å². The zero-order valence-electron chi connectivity index (χ0n) is 18.4. The van der Waals surface area contributed by atoms with Gasteiger partial charge in [0.15, 0.2) is 5.65 Å². The van der Waals surface area contributed by atoms with Crippen molar-refractivity contribution in [2.45, 2.75) is 25.9 Å². The first-order chi connectivity index (χ1) is 16.7. The molecule has 2 aromatic carbocycles. The van der Waals surface area contributed by atoms with Crippen molar-refractivity contribution in [2.24, 2.45) is 0 Å². The van der Waals surface area contributed by atoms with Gasteiger partial charge in [-0.2, -0.15) is 13.2 Å². The van der Waals surface area contributed by atoms with Gasteiger partial charge in [-0.15, -0.1) is 0 Å². The number of hydrogen-bond donors (Lipinski definition) is 2. The molecule has 2 aromatic heterocycles. The molecule has 4 aromatic rings. The standard InChI is InChI=1S/C22H16F6N3O4P/c1-10(2)20-21(19-15(24)6-12(7-16(19)25)35-36(32,33)34)31-9-17(29-8-18(31)30-20)11-3-4-14(23)13(5-11)22(26,27)28/h3-10H,1-2H3,(H2,32,33,34). The van der Waals surface area contributed by atoms with E-state index in [9.17, 15) is 22.1 Å². The van der Waals surface area contributed by atoms with Crippen LogP contribution in [0, 0.1) is 17.5 Å². The lowest BCUT2D eigenvalue weighted by Crippen LogP contribution is -2.08. The molecule has 4 rings (SSSR count). The van der Waals surface area contributed by atoms with Crippen molar-refractivity contribution in [3.05, 3.63) is 71.4 Å². The number of fused-ring (bicyclic) bond motifs is 1. The lowest BCUT2D eigenvalue weighted by molar-refractivity contribution is -0.139. The van der Waals surface area contributed by atoms with E-state index in [0.29, 0.717) is 24.3 Å². The number of phosphoric acid groups is 1. The van der Waals surface area contributed by atoms with E-state index >= 15 is 8.78 Å². The second-order valence-electron chi connectivity index (χ2n) is 8.04. The van der Waals surface area contributed by atoms with Crippen LogP contribution in [0.15, 0.2) is 42.7 Å². The number of phosphoric ester groups is 1. The van der Waals surface area contributed by atoms with Gasteiger partial charge in [0.25, 0.3) is 0 Å². The Bertz CT molecular complexity index is 1510. The fourth-order valence-electron chi connectivity index (χ4n) is 3.64. The molecular formula is C22H16F6N3O4P. The Kier molecular flexibility index (Phi) is 6.36. The quantitative estimate of drug-likeness (QED) is 0.239. The highest BCUT2D eigenvalue weighted by Gasteiger charge is 2.34. The first-order valence-electron chi connectivity index (χ1n) is 10.2. The van der Waals surface area contributed by atoms with Crippen LogP contribution in [0.4, 0.5) is 26.3 Å². The van der Waals surface area contributed by atoms with Crippen molar-refractivity contribution in [2.75, 3.05) is 0 Å². The molecule has 7 nitrogen and oxygen atoms in total. The summed E-state index contributed by atoms with van der Waals surface area (Å²) in [5.74, 6) is -5.08. The Labute approximate surface area is 199 Å². The molecule has 2 N–H and O–H groups in total. The molecule has 2 heterocycles. The lowest BCUT2D eigenvalue weighted by atomic mass is 10.0. The molecule has 36 heavy (non-hydrogen) atoms. The summed E-state index contributed by atoms with van der Waals surface area (Å²) >= 11 is 0. The number of rotatable bonds is 5. The van der Waals surface area contributed by atoms with Crippen molar-refractivity contribution in [1.29, 1.82) is 0 Å². The number of benzene rings is 2. The van der Waals surface area contributed by atoms with Crippen LogP contribution in [0.25, 0.3) is 28.2 Å². The Morgan fingerprint density at radius 1 is 1.03 bits per heavy atom. The maximum Gasteiger partial charge on any atom is 0.524 e. The van der Waals surface area contributed by atoms with Crippen LogP contribution < -0.4 is 4.52 Å². The minimum atomic E-state index is -5.09. The maximum atomic E-state index is 15.1. The second kappa shape index (κ2) is 8.91. The van der Waals surface area contributed by atoms with E-state index in [0.717, 1.165) is 6.07 Å². The first-order valence-corrected chi connectivity index (χ1v) is 11.7. The summed E-state index contributed by atoms with van der Waals surface area (Å²) in [5, 5.41) is 0. The highest BCUT2D eigenvalue weighted by molar-refractivity contribution is 7.46. The number of imidazole rings is 1. The van der Waals surface area contributed by atoms with Crippen molar-refractivity contribution < 1.29 is 45.2 Å². The molecule has 0 fully saturated rings. The molecular weight excluding hydrogens is 515 g/mol. The third-order valence-corrected chi connectivity index (χ3v) is 5.58. The average molecular weight is 531 g/mol. The molecule has 0 unspecified atom stereocenters. The molecule has 0 spiro atoms. The van der Waals surface area contributed by atoms with Crippen LogP contribution in [0.5, 0.6) is 5.75 Å². The van der Waals surface area contributed by atoms with Crippen LogP contribution in [-0.2, 0) is 10.7 Å². The first kappa shape index (κ1) is 25.7. The number of aromatic nitrogens is 3. The van der Waals surface area contributed by atoms with E-state index in [2.05, 4.69) is 14.5 Å². The van der Waals surface area contributed by atoms with Gasteiger partial charge in [0.1, 0.15) is 23.2 Å². The van der Waals surface area contributed by atoms with Gasteiger partial charge in [-0.25, -0.2) is 22.7 Å². The van der Waals surface area contributed by atoms with Crippen LogP contribution in [-0.4, -0.2) is 24.2 Å². The summed E-state index contributed by atoms with van der Waals surface area (Å²) in [5.41, 5.74) is -2.06. The third-order valence-electron chi connectivity index (χ3n) is 5.13. The van der Waals surface area contributed by atoms with E-state index in [1.165, 1.54) is 16.8 Å². The van der Waals surface area contributed by atoms with Gasteiger partial charge >= 0.3 is 14.0 Å². The molecule has 0 aliphatic rings. The zero-order chi connectivity index (χ0) is 26.6. The SMILES string of the molecule is CC(C)c1nc2cnc(-c3ccc(F)c(C(F)(F)F)c3)cn2c1-c1c(F)cc(OP(=O)(O)O)cc1F. The van der Waals surface area contributed by atoms with Gasteiger partial charge in [-0.1, -0.05) is 13.8 Å². The molecule has 0 aliphatic heterocycles. The smallest absolute Gasteiger partial charge is 0.404 e. The summed E-state index contributed by atoms with van der Waals surface area (Å²) in [4.78, 5) is 26.2. The van der Waals surface area contributed by atoms with Crippen LogP contribution in [0.1, 0.15) is 31.0 Å². The second-order valence-corrected chi connectivity index (χ2v) is 9.20. The van der Waals surface area contributed by atoms with Gasteiger partial charge in [0.2, 0.25) is 0 Å². The summed E-state index contributed by atoms with van der Waals surface area (Å²) < 4.78 is 100.0. The van der Waals surface area contributed by atoms with Crippen molar-refractivity contribution >= 4 is 13.5 Å².